The Kier molecular flexibility index (Phi) is 12.0. The van der Waals surface area contributed by atoms with Gasteiger partial charge in [0.15, 0.2) is 0 Å². The molecule has 0 aromatic carbocycles. The van der Waals surface area contributed by atoms with Crippen LogP contribution in [-0.4, -0.2) is 49.7 Å². The summed E-state index contributed by atoms with van der Waals surface area (Å²) >= 11 is 0. The molecule has 0 fully saturated rings. The first kappa shape index (κ1) is 19.9. The maximum atomic E-state index is 12.0. The zero-order chi connectivity index (χ0) is 16.1. The Balaban J connectivity index is 3.89. The van der Waals surface area contributed by atoms with Crippen molar-refractivity contribution in [3.8, 4) is 0 Å². The first-order valence-electron chi connectivity index (χ1n) is 7.96. The molecule has 0 aliphatic heterocycles. The van der Waals surface area contributed by atoms with Gasteiger partial charge in [0, 0.05) is 19.5 Å². The van der Waals surface area contributed by atoms with E-state index in [1.54, 1.807) is 4.90 Å². The normalized spacial score (nSPS) is 10.7. The van der Waals surface area contributed by atoms with Gasteiger partial charge in [-0.25, -0.2) is 4.79 Å². The van der Waals surface area contributed by atoms with Gasteiger partial charge in [-0.2, -0.15) is 0 Å². The molecule has 0 heterocycles. The number of carbonyl (C=O) groups excluding carboxylic acids is 2. The second kappa shape index (κ2) is 12.6. The number of hydrogen-bond donors (Lipinski definition) is 0. The van der Waals surface area contributed by atoms with E-state index in [4.69, 9.17) is 9.47 Å². The number of Topliss-reactive ketones (excluding diaryl/α,β-unsaturated/α-hetero) is 1. The molecule has 0 atom stereocenters. The molecule has 5 heteroatoms. The minimum Gasteiger partial charge on any atom is -0.447 e. The van der Waals surface area contributed by atoms with Crippen molar-refractivity contribution in [2.24, 2.45) is 5.92 Å². The fourth-order valence-corrected chi connectivity index (χ4v) is 1.65. The van der Waals surface area contributed by atoms with Gasteiger partial charge in [-0.05, 0) is 25.7 Å². The fraction of sp³-hybridized carbons (Fsp3) is 0.875. The summed E-state index contributed by atoms with van der Waals surface area (Å²) < 4.78 is 10.5. The first-order valence-corrected chi connectivity index (χ1v) is 7.96. The molecule has 0 bridgehead atoms. The van der Waals surface area contributed by atoms with Crippen molar-refractivity contribution in [3.63, 3.8) is 0 Å². The first-order chi connectivity index (χ1) is 9.97. The van der Waals surface area contributed by atoms with Crippen molar-refractivity contribution in [2.45, 2.75) is 53.4 Å². The zero-order valence-electron chi connectivity index (χ0n) is 14.0. The van der Waals surface area contributed by atoms with Crippen LogP contribution < -0.4 is 0 Å². The van der Waals surface area contributed by atoms with Crippen LogP contribution in [0, 0.1) is 5.92 Å². The molecule has 21 heavy (non-hydrogen) atoms. The Morgan fingerprint density at radius 3 is 2.38 bits per heavy atom. The third kappa shape index (κ3) is 12.4. The van der Waals surface area contributed by atoms with Gasteiger partial charge in [-0.15, -0.1) is 0 Å². The van der Waals surface area contributed by atoms with E-state index in [9.17, 15) is 9.59 Å². The third-order valence-electron chi connectivity index (χ3n) is 3.07. The predicted octanol–water partition coefficient (Wildman–Crippen LogP) is 3.27. The molecule has 0 unspecified atom stereocenters. The predicted molar refractivity (Wildman–Crippen MR) is 83.4 cm³/mol. The molecule has 0 aromatic rings. The number of ether oxygens (including phenoxy) is 2. The van der Waals surface area contributed by atoms with E-state index in [1.807, 2.05) is 0 Å². The summed E-state index contributed by atoms with van der Waals surface area (Å²) in [5.41, 5.74) is 0. The quantitative estimate of drug-likeness (QED) is 0.519. The molecule has 5 nitrogen and oxygen atoms in total. The highest BCUT2D eigenvalue weighted by Gasteiger charge is 2.14. The fourth-order valence-electron chi connectivity index (χ4n) is 1.65. The summed E-state index contributed by atoms with van der Waals surface area (Å²) in [5.74, 6) is 0.670. The summed E-state index contributed by atoms with van der Waals surface area (Å²) in [7, 11) is 0. The maximum absolute atomic E-state index is 12.0. The summed E-state index contributed by atoms with van der Waals surface area (Å²) in [5, 5.41) is 0. The Morgan fingerprint density at radius 2 is 1.81 bits per heavy atom. The molecule has 0 radical (unpaired) electrons. The second-order valence-electron chi connectivity index (χ2n) is 5.70. The lowest BCUT2D eigenvalue weighted by Gasteiger charge is -2.22. The largest absolute Gasteiger partial charge is 0.447 e. The Bertz CT molecular complexity index is 292. The van der Waals surface area contributed by atoms with Gasteiger partial charge in [0.05, 0.1) is 13.2 Å². The number of nitrogens with zero attached hydrogens (tertiary/aromatic N) is 1. The molecule has 0 N–H and O–H groups in total. The van der Waals surface area contributed by atoms with Gasteiger partial charge in [-0.3, -0.25) is 4.79 Å². The lowest BCUT2D eigenvalue weighted by molar-refractivity contribution is -0.118. The number of unbranched alkanes of at least 4 members (excludes halogenated alkanes) is 1. The highest BCUT2D eigenvalue weighted by atomic mass is 16.6. The van der Waals surface area contributed by atoms with Crippen LogP contribution in [0.1, 0.15) is 53.4 Å². The number of ketones is 1. The van der Waals surface area contributed by atoms with Crippen molar-refractivity contribution in [3.05, 3.63) is 0 Å². The molecule has 0 aliphatic rings. The molecule has 0 spiro atoms. The summed E-state index contributed by atoms with van der Waals surface area (Å²) in [4.78, 5) is 24.5. The molecular formula is C16H31NO4. The van der Waals surface area contributed by atoms with Gasteiger partial charge in [0.2, 0.25) is 0 Å². The van der Waals surface area contributed by atoms with Crippen LogP contribution in [0.3, 0.4) is 0 Å². The Hall–Kier alpha value is -1.10. The van der Waals surface area contributed by atoms with Crippen molar-refractivity contribution in [2.75, 3.05) is 32.9 Å². The minimum absolute atomic E-state index is 0.103. The van der Waals surface area contributed by atoms with Crippen LogP contribution in [0.15, 0.2) is 0 Å². The van der Waals surface area contributed by atoms with Crippen LogP contribution in [-0.2, 0) is 14.3 Å². The number of carbonyl (C=O) groups is 2. The lowest BCUT2D eigenvalue weighted by Crippen LogP contribution is -2.34. The SMILES string of the molecule is CCCCN(CCC(C)C)C(=O)OCCOCCC(C)=O. The molecule has 0 saturated heterocycles. The van der Waals surface area contributed by atoms with Crippen LogP contribution in [0.4, 0.5) is 4.79 Å². The molecule has 0 aliphatic carbocycles. The van der Waals surface area contributed by atoms with Gasteiger partial charge in [-0.1, -0.05) is 27.2 Å². The van der Waals surface area contributed by atoms with Crippen molar-refractivity contribution in [1.82, 2.24) is 4.90 Å². The van der Waals surface area contributed by atoms with Crippen molar-refractivity contribution < 1.29 is 19.1 Å². The van der Waals surface area contributed by atoms with Crippen LogP contribution in [0.5, 0.6) is 0 Å². The smallest absolute Gasteiger partial charge is 0.409 e. The molecule has 124 valence electrons. The molecule has 0 saturated carbocycles. The van der Waals surface area contributed by atoms with E-state index >= 15 is 0 Å². The Morgan fingerprint density at radius 1 is 1.10 bits per heavy atom. The average Bonchev–Trinajstić information content (AvgIpc) is 2.41. The number of rotatable bonds is 12. The molecule has 0 rings (SSSR count). The molecule has 0 aromatic heterocycles. The minimum atomic E-state index is -0.265. The van der Waals surface area contributed by atoms with Crippen molar-refractivity contribution in [1.29, 1.82) is 0 Å². The maximum Gasteiger partial charge on any atom is 0.409 e. The second-order valence-corrected chi connectivity index (χ2v) is 5.70. The van der Waals surface area contributed by atoms with Gasteiger partial charge in [0.25, 0.3) is 0 Å². The van der Waals surface area contributed by atoms with E-state index in [-0.39, 0.29) is 18.5 Å². The Labute approximate surface area is 129 Å². The summed E-state index contributed by atoms with van der Waals surface area (Å²) in [6, 6.07) is 0. The van der Waals surface area contributed by atoms with Gasteiger partial charge < -0.3 is 14.4 Å². The number of hydrogen-bond acceptors (Lipinski definition) is 4. The van der Waals surface area contributed by atoms with Gasteiger partial charge >= 0.3 is 6.09 Å². The molecular weight excluding hydrogens is 270 g/mol. The van der Waals surface area contributed by atoms with Crippen molar-refractivity contribution >= 4 is 11.9 Å². The van der Waals surface area contributed by atoms with Crippen LogP contribution in [0.2, 0.25) is 0 Å². The average molecular weight is 301 g/mol. The van der Waals surface area contributed by atoms with Gasteiger partial charge in [0.1, 0.15) is 12.4 Å². The molecule has 1 amide bonds. The topological polar surface area (TPSA) is 55.8 Å². The van der Waals surface area contributed by atoms with E-state index in [2.05, 4.69) is 20.8 Å². The van der Waals surface area contributed by atoms with Crippen LogP contribution in [0.25, 0.3) is 0 Å². The summed E-state index contributed by atoms with van der Waals surface area (Å²) in [6.07, 6.45) is 3.17. The van der Waals surface area contributed by atoms with E-state index in [1.165, 1.54) is 6.92 Å². The van der Waals surface area contributed by atoms with E-state index < -0.39 is 0 Å². The monoisotopic (exact) mass is 301 g/mol. The lowest BCUT2D eigenvalue weighted by atomic mass is 10.1. The van der Waals surface area contributed by atoms with E-state index in [0.29, 0.717) is 25.6 Å². The van der Waals surface area contributed by atoms with Crippen LogP contribution >= 0.6 is 0 Å². The highest BCUT2D eigenvalue weighted by molar-refractivity contribution is 5.75. The zero-order valence-corrected chi connectivity index (χ0v) is 14.0. The highest BCUT2D eigenvalue weighted by Crippen LogP contribution is 2.05. The van der Waals surface area contributed by atoms with E-state index in [0.717, 1.165) is 32.4 Å². The number of amides is 1. The summed E-state index contributed by atoms with van der Waals surface area (Å²) in [6.45, 7) is 10.4. The third-order valence-corrected chi connectivity index (χ3v) is 3.07. The standard InChI is InChI=1S/C16H31NO4/c1-5-6-9-17(10-7-14(2)3)16(19)21-13-12-20-11-8-15(4)18/h14H,5-13H2,1-4H3.